The Morgan fingerprint density at radius 1 is 1.00 bits per heavy atom. The number of hydrogen-bond donors (Lipinski definition) is 2. The van der Waals surface area contributed by atoms with Gasteiger partial charge in [-0.1, -0.05) is 35.9 Å². The summed E-state index contributed by atoms with van der Waals surface area (Å²) in [7, 11) is 0. The van der Waals surface area contributed by atoms with Crippen molar-refractivity contribution in [2.75, 3.05) is 0 Å². The molecule has 0 amide bonds. The lowest BCUT2D eigenvalue weighted by Gasteiger charge is -2.19. The van der Waals surface area contributed by atoms with Crippen LogP contribution in [-0.4, -0.2) is 0 Å². The van der Waals surface area contributed by atoms with E-state index in [1.165, 1.54) is 37.3 Å². The number of halogens is 4. The number of nitrogens with two attached hydrogens (primary N) is 1. The molecule has 1 unspecified atom stereocenters. The highest BCUT2D eigenvalue weighted by molar-refractivity contribution is 6.30. The maximum Gasteiger partial charge on any atom is 0.164 e. The van der Waals surface area contributed by atoms with Crippen molar-refractivity contribution in [3.05, 3.63) is 69.5 Å². The summed E-state index contributed by atoms with van der Waals surface area (Å²) >= 11 is 5.69. The van der Waals surface area contributed by atoms with Crippen LogP contribution in [0.1, 0.15) is 22.7 Å². The Bertz CT molecular complexity index is 647. The van der Waals surface area contributed by atoms with Crippen LogP contribution in [0.4, 0.5) is 13.2 Å². The van der Waals surface area contributed by atoms with Crippen LogP contribution in [0.5, 0.6) is 0 Å². The number of hydrazine groups is 1. The monoisotopic (exact) mass is 300 g/mol. The average molecular weight is 301 g/mol. The summed E-state index contributed by atoms with van der Waals surface area (Å²) < 4.78 is 41.6. The van der Waals surface area contributed by atoms with E-state index >= 15 is 0 Å². The predicted molar refractivity (Wildman–Crippen MR) is 71.7 cm³/mol. The molecule has 0 aliphatic heterocycles. The van der Waals surface area contributed by atoms with Crippen LogP contribution < -0.4 is 11.3 Å². The van der Waals surface area contributed by atoms with Gasteiger partial charge in [0.05, 0.1) is 11.1 Å². The Morgan fingerprint density at radius 3 is 2.30 bits per heavy atom. The molecule has 0 bridgehead atoms. The summed E-state index contributed by atoms with van der Waals surface area (Å²) in [4.78, 5) is 0. The average Bonchev–Trinajstić information content (AvgIpc) is 2.44. The second-order valence-corrected chi connectivity index (χ2v) is 4.75. The minimum Gasteiger partial charge on any atom is -0.271 e. The second-order valence-electron chi connectivity index (χ2n) is 4.34. The van der Waals surface area contributed by atoms with Gasteiger partial charge in [0.25, 0.3) is 0 Å². The van der Waals surface area contributed by atoms with Gasteiger partial charge in [-0.15, -0.1) is 0 Å². The first kappa shape index (κ1) is 14.8. The Kier molecular flexibility index (Phi) is 4.32. The molecule has 0 aromatic heterocycles. The summed E-state index contributed by atoms with van der Waals surface area (Å²) in [5.74, 6) is 2.60. The Morgan fingerprint density at radius 2 is 1.65 bits per heavy atom. The molecular formula is C14H12ClF3N2. The van der Waals surface area contributed by atoms with E-state index in [0.717, 1.165) is 0 Å². The zero-order chi connectivity index (χ0) is 14.9. The van der Waals surface area contributed by atoms with Crippen LogP contribution >= 0.6 is 11.6 Å². The van der Waals surface area contributed by atoms with E-state index in [1.807, 2.05) is 0 Å². The molecule has 106 valence electrons. The first-order valence-corrected chi connectivity index (χ1v) is 6.19. The van der Waals surface area contributed by atoms with Crippen molar-refractivity contribution < 1.29 is 13.2 Å². The van der Waals surface area contributed by atoms with Gasteiger partial charge in [-0.25, -0.2) is 18.6 Å². The number of benzene rings is 2. The third-order valence-corrected chi connectivity index (χ3v) is 3.37. The van der Waals surface area contributed by atoms with Crippen molar-refractivity contribution in [2.45, 2.75) is 13.0 Å². The summed E-state index contributed by atoms with van der Waals surface area (Å²) in [6.45, 7) is 1.44. The van der Waals surface area contributed by atoms with Crippen LogP contribution in [0.25, 0.3) is 0 Å². The van der Waals surface area contributed by atoms with Gasteiger partial charge in [0, 0.05) is 11.1 Å². The Hall–Kier alpha value is -1.56. The van der Waals surface area contributed by atoms with Crippen LogP contribution in [0.15, 0.2) is 30.3 Å². The summed E-state index contributed by atoms with van der Waals surface area (Å²) in [6.07, 6.45) is 0. The fourth-order valence-electron chi connectivity index (χ4n) is 1.97. The molecule has 0 radical (unpaired) electrons. The molecule has 0 aliphatic rings. The lowest BCUT2D eigenvalue weighted by molar-refractivity contribution is 0.473. The molecule has 0 saturated heterocycles. The molecule has 1 atom stereocenters. The quantitative estimate of drug-likeness (QED) is 0.671. The van der Waals surface area contributed by atoms with E-state index in [0.29, 0.717) is 0 Å². The molecule has 0 heterocycles. The number of rotatable bonds is 3. The third-order valence-electron chi connectivity index (χ3n) is 3.08. The van der Waals surface area contributed by atoms with Crippen molar-refractivity contribution in [2.24, 2.45) is 5.84 Å². The van der Waals surface area contributed by atoms with E-state index in [1.54, 1.807) is 0 Å². The highest BCUT2D eigenvalue weighted by Gasteiger charge is 2.23. The highest BCUT2D eigenvalue weighted by atomic mass is 35.5. The highest BCUT2D eigenvalue weighted by Crippen LogP contribution is 2.30. The molecule has 6 heteroatoms. The standard InChI is InChI=1S/C14H12ClF3N2/c1-7-5-6-9(13(18)11(7)16)14(20-19)8-3-2-4-10(15)12(8)17/h2-6,14,20H,19H2,1H3. The van der Waals surface area contributed by atoms with Gasteiger partial charge in [0.1, 0.15) is 5.82 Å². The topological polar surface area (TPSA) is 38.0 Å². The third kappa shape index (κ3) is 2.52. The Balaban J connectivity index is 2.59. The van der Waals surface area contributed by atoms with Crippen LogP contribution in [0.3, 0.4) is 0 Å². The number of aryl methyl sites for hydroxylation is 1. The molecule has 0 fully saturated rings. The number of nitrogens with one attached hydrogen (secondary N) is 1. The maximum atomic E-state index is 14.0. The van der Waals surface area contributed by atoms with Crippen molar-refractivity contribution >= 4 is 11.6 Å². The molecular weight excluding hydrogens is 289 g/mol. The van der Waals surface area contributed by atoms with E-state index in [2.05, 4.69) is 5.43 Å². The zero-order valence-corrected chi connectivity index (χ0v) is 11.3. The van der Waals surface area contributed by atoms with Crippen molar-refractivity contribution in [1.29, 1.82) is 0 Å². The van der Waals surface area contributed by atoms with Crippen molar-refractivity contribution in [1.82, 2.24) is 5.43 Å². The van der Waals surface area contributed by atoms with Gasteiger partial charge in [0.15, 0.2) is 11.6 Å². The van der Waals surface area contributed by atoms with E-state index in [-0.39, 0.29) is 21.7 Å². The van der Waals surface area contributed by atoms with Gasteiger partial charge in [-0.3, -0.25) is 5.84 Å². The fraction of sp³-hybridized carbons (Fsp3) is 0.143. The van der Waals surface area contributed by atoms with Crippen molar-refractivity contribution in [3.8, 4) is 0 Å². The summed E-state index contributed by atoms with van der Waals surface area (Å²) in [5.41, 5.74) is 2.40. The zero-order valence-electron chi connectivity index (χ0n) is 10.6. The minimum absolute atomic E-state index is 0.0437. The Labute approximate surface area is 119 Å². The molecule has 0 aliphatic carbocycles. The molecule has 0 saturated carbocycles. The molecule has 2 rings (SSSR count). The molecule has 3 N–H and O–H groups in total. The molecule has 0 spiro atoms. The largest absolute Gasteiger partial charge is 0.271 e. The van der Waals surface area contributed by atoms with Gasteiger partial charge < -0.3 is 0 Å². The van der Waals surface area contributed by atoms with E-state index in [9.17, 15) is 13.2 Å². The van der Waals surface area contributed by atoms with Gasteiger partial charge >= 0.3 is 0 Å². The summed E-state index contributed by atoms with van der Waals surface area (Å²) in [5, 5.41) is -0.115. The molecule has 2 aromatic carbocycles. The molecule has 2 aromatic rings. The summed E-state index contributed by atoms with van der Waals surface area (Å²) in [6, 6.07) is 6.00. The lowest BCUT2D eigenvalue weighted by atomic mass is 9.97. The van der Waals surface area contributed by atoms with Gasteiger partial charge in [-0.2, -0.15) is 0 Å². The fourth-order valence-corrected chi connectivity index (χ4v) is 2.16. The lowest BCUT2D eigenvalue weighted by Crippen LogP contribution is -2.30. The first-order chi connectivity index (χ1) is 9.47. The van der Waals surface area contributed by atoms with E-state index in [4.69, 9.17) is 17.4 Å². The minimum atomic E-state index is -1.06. The van der Waals surface area contributed by atoms with Crippen LogP contribution in [-0.2, 0) is 0 Å². The maximum absolute atomic E-state index is 14.0. The first-order valence-electron chi connectivity index (χ1n) is 5.82. The van der Waals surface area contributed by atoms with E-state index < -0.39 is 23.5 Å². The number of hydrogen-bond acceptors (Lipinski definition) is 2. The van der Waals surface area contributed by atoms with Crippen LogP contribution in [0.2, 0.25) is 5.02 Å². The van der Waals surface area contributed by atoms with Crippen molar-refractivity contribution in [3.63, 3.8) is 0 Å². The molecule has 20 heavy (non-hydrogen) atoms. The molecule has 2 nitrogen and oxygen atoms in total. The second kappa shape index (κ2) is 5.83. The van der Waals surface area contributed by atoms with Crippen LogP contribution in [0, 0.1) is 24.4 Å². The SMILES string of the molecule is Cc1ccc(C(NN)c2cccc(Cl)c2F)c(F)c1F. The normalized spacial score (nSPS) is 12.5. The van der Waals surface area contributed by atoms with Gasteiger partial charge in [-0.05, 0) is 18.6 Å². The predicted octanol–water partition coefficient (Wildman–Crippen LogP) is 3.62. The van der Waals surface area contributed by atoms with Gasteiger partial charge in [0.2, 0.25) is 0 Å². The smallest absolute Gasteiger partial charge is 0.164 e.